The maximum atomic E-state index is 5.35. The first-order chi connectivity index (χ1) is 6.34. The first-order valence-corrected chi connectivity index (χ1v) is 5.42. The van der Waals surface area contributed by atoms with Crippen LogP contribution >= 0.6 is 0 Å². The van der Waals surface area contributed by atoms with Gasteiger partial charge in [0.2, 0.25) is 0 Å². The topological polar surface area (TPSA) is 33.3 Å². The van der Waals surface area contributed by atoms with Gasteiger partial charge in [-0.2, -0.15) is 0 Å². The lowest BCUT2D eigenvalue weighted by Crippen LogP contribution is -2.48. The smallest absolute Gasteiger partial charge is 0.0620 e. The van der Waals surface area contributed by atoms with Crippen molar-refractivity contribution in [1.29, 1.82) is 0 Å². The summed E-state index contributed by atoms with van der Waals surface area (Å²) in [5, 5.41) is 7.15. The lowest BCUT2D eigenvalue weighted by Gasteiger charge is -2.30. The first-order valence-electron chi connectivity index (χ1n) is 5.42. The third kappa shape index (κ3) is 2.66. The molecule has 3 heteroatoms. The Kier molecular flexibility index (Phi) is 3.19. The molecule has 0 amide bonds. The molecule has 0 bridgehead atoms. The summed E-state index contributed by atoms with van der Waals surface area (Å²) in [6.45, 7) is 5.28. The summed E-state index contributed by atoms with van der Waals surface area (Å²) in [6.07, 6.45) is 3.72. The number of piperidine rings is 1. The second-order valence-corrected chi connectivity index (χ2v) is 4.30. The van der Waals surface area contributed by atoms with E-state index in [1.165, 1.54) is 19.3 Å². The van der Waals surface area contributed by atoms with E-state index < -0.39 is 0 Å². The van der Waals surface area contributed by atoms with Gasteiger partial charge in [0, 0.05) is 24.7 Å². The van der Waals surface area contributed by atoms with Crippen LogP contribution < -0.4 is 10.6 Å². The van der Waals surface area contributed by atoms with Crippen LogP contribution in [0.4, 0.5) is 0 Å². The molecule has 2 aliphatic rings. The number of rotatable bonds is 2. The Morgan fingerprint density at radius 3 is 2.92 bits per heavy atom. The number of nitrogens with one attached hydrogen (secondary N) is 2. The summed E-state index contributed by atoms with van der Waals surface area (Å²) in [4.78, 5) is 0. The Bertz CT molecular complexity index is 157. The Balaban J connectivity index is 1.73. The Morgan fingerprint density at radius 2 is 2.23 bits per heavy atom. The normalized spacial score (nSPS) is 40.8. The molecular formula is C10H20N2O. The Labute approximate surface area is 80.2 Å². The highest BCUT2D eigenvalue weighted by atomic mass is 16.5. The molecule has 13 heavy (non-hydrogen) atoms. The van der Waals surface area contributed by atoms with Crippen molar-refractivity contribution in [2.75, 3.05) is 19.8 Å². The zero-order chi connectivity index (χ0) is 9.10. The highest BCUT2D eigenvalue weighted by molar-refractivity contribution is 4.83. The van der Waals surface area contributed by atoms with Crippen molar-refractivity contribution in [3.8, 4) is 0 Å². The maximum Gasteiger partial charge on any atom is 0.0620 e. The molecule has 76 valence electrons. The fourth-order valence-corrected chi connectivity index (χ4v) is 2.28. The van der Waals surface area contributed by atoms with E-state index in [4.69, 9.17) is 4.74 Å². The minimum Gasteiger partial charge on any atom is -0.380 e. The van der Waals surface area contributed by atoms with Gasteiger partial charge in [-0.25, -0.2) is 0 Å². The van der Waals surface area contributed by atoms with Crippen molar-refractivity contribution in [3.63, 3.8) is 0 Å². The monoisotopic (exact) mass is 184 g/mol. The summed E-state index contributed by atoms with van der Waals surface area (Å²) in [5.74, 6) is 0. The van der Waals surface area contributed by atoms with Gasteiger partial charge in [0.1, 0.15) is 0 Å². The van der Waals surface area contributed by atoms with E-state index in [1.54, 1.807) is 0 Å². The van der Waals surface area contributed by atoms with Crippen LogP contribution in [-0.2, 0) is 4.74 Å². The van der Waals surface area contributed by atoms with Crippen molar-refractivity contribution in [2.24, 2.45) is 0 Å². The highest BCUT2D eigenvalue weighted by Gasteiger charge is 2.23. The summed E-state index contributed by atoms with van der Waals surface area (Å²) in [5.41, 5.74) is 0. The number of hydrogen-bond acceptors (Lipinski definition) is 3. The van der Waals surface area contributed by atoms with Crippen LogP contribution in [0.5, 0.6) is 0 Å². The quantitative estimate of drug-likeness (QED) is 0.656. The van der Waals surface area contributed by atoms with Gasteiger partial charge >= 0.3 is 0 Å². The molecule has 0 saturated carbocycles. The molecule has 2 fully saturated rings. The van der Waals surface area contributed by atoms with E-state index >= 15 is 0 Å². The molecule has 2 saturated heterocycles. The highest BCUT2D eigenvalue weighted by Crippen LogP contribution is 2.12. The molecule has 0 spiro atoms. The molecule has 2 heterocycles. The van der Waals surface area contributed by atoms with E-state index in [0.717, 1.165) is 19.8 Å². The molecule has 0 aromatic rings. The Hall–Kier alpha value is -0.120. The summed E-state index contributed by atoms with van der Waals surface area (Å²) in [6, 6.07) is 2.01. The number of ether oxygens (including phenoxy) is 1. The third-order valence-electron chi connectivity index (χ3n) is 3.02. The summed E-state index contributed by atoms with van der Waals surface area (Å²) in [7, 11) is 0. The van der Waals surface area contributed by atoms with E-state index in [9.17, 15) is 0 Å². The van der Waals surface area contributed by atoms with Crippen molar-refractivity contribution in [3.05, 3.63) is 0 Å². The van der Waals surface area contributed by atoms with Gasteiger partial charge in [-0.3, -0.25) is 0 Å². The number of hydrogen-bond donors (Lipinski definition) is 2. The molecular weight excluding hydrogens is 164 g/mol. The summed E-state index contributed by atoms with van der Waals surface area (Å²) < 4.78 is 5.35. The van der Waals surface area contributed by atoms with Crippen LogP contribution in [0.15, 0.2) is 0 Å². The van der Waals surface area contributed by atoms with Gasteiger partial charge in [-0.1, -0.05) is 0 Å². The van der Waals surface area contributed by atoms with Crippen LogP contribution in [-0.4, -0.2) is 37.9 Å². The molecule has 0 aromatic carbocycles. The van der Waals surface area contributed by atoms with E-state index in [2.05, 4.69) is 17.6 Å². The second-order valence-electron chi connectivity index (χ2n) is 4.30. The van der Waals surface area contributed by atoms with Gasteiger partial charge in [0.15, 0.2) is 0 Å². The predicted molar refractivity (Wildman–Crippen MR) is 52.8 cm³/mol. The lowest BCUT2D eigenvalue weighted by molar-refractivity contribution is 0.185. The minimum absolute atomic E-state index is 0.621. The molecule has 2 aliphatic heterocycles. The van der Waals surface area contributed by atoms with E-state index in [1.807, 2.05) is 0 Å². The predicted octanol–water partition coefficient (Wildman–Crippen LogP) is 0.505. The van der Waals surface area contributed by atoms with E-state index in [-0.39, 0.29) is 0 Å². The SMILES string of the molecule is C[C@H]1C[C@@H](NC2CCOC2)CCN1. The molecule has 3 atom stereocenters. The summed E-state index contributed by atoms with van der Waals surface area (Å²) >= 11 is 0. The van der Waals surface area contributed by atoms with Crippen LogP contribution in [0.3, 0.4) is 0 Å². The Morgan fingerprint density at radius 1 is 1.31 bits per heavy atom. The second kappa shape index (κ2) is 4.40. The molecule has 0 aromatic heterocycles. The standard InChI is InChI=1S/C10H20N2O/c1-8-6-9(2-4-11-8)12-10-3-5-13-7-10/h8-12H,2-7H2,1H3/t8-,9-,10?/m0/s1. The lowest BCUT2D eigenvalue weighted by atomic mass is 9.99. The van der Waals surface area contributed by atoms with Crippen molar-refractivity contribution >= 4 is 0 Å². The van der Waals surface area contributed by atoms with Gasteiger partial charge < -0.3 is 15.4 Å². The third-order valence-corrected chi connectivity index (χ3v) is 3.02. The molecule has 0 radical (unpaired) electrons. The fourth-order valence-electron chi connectivity index (χ4n) is 2.28. The average molecular weight is 184 g/mol. The van der Waals surface area contributed by atoms with Crippen LogP contribution in [0.1, 0.15) is 26.2 Å². The van der Waals surface area contributed by atoms with Crippen molar-refractivity contribution in [1.82, 2.24) is 10.6 Å². The maximum absolute atomic E-state index is 5.35. The zero-order valence-electron chi connectivity index (χ0n) is 8.38. The van der Waals surface area contributed by atoms with Crippen molar-refractivity contribution in [2.45, 2.75) is 44.3 Å². The first kappa shape index (κ1) is 9.44. The largest absolute Gasteiger partial charge is 0.380 e. The van der Waals surface area contributed by atoms with Gasteiger partial charge in [0.05, 0.1) is 6.61 Å². The van der Waals surface area contributed by atoms with E-state index in [0.29, 0.717) is 18.1 Å². The minimum atomic E-state index is 0.621. The van der Waals surface area contributed by atoms with Crippen LogP contribution in [0, 0.1) is 0 Å². The molecule has 0 aliphatic carbocycles. The van der Waals surface area contributed by atoms with Crippen LogP contribution in [0.25, 0.3) is 0 Å². The van der Waals surface area contributed by atoms with Gasteiger partial charge in [0.25, 0.3) is 0 Å². The molecule has 3 nitrogen and oxygen atoms in total. The van der Waals surface area contributed by atoms with Crippen molar-refractivity contribution < 1.29 is 4.74 Å². The van der Waals surface area contributed by atoms with Crippen LogP contribution in [0.2, 0.25) is 0 Å². The molecule has 1 unspecified atom stereocenters. The van der Waals surface area contributed by atoms with Gasteiger partial charge in [-0.05, 0) is 32.7 Å². The molecule has 2 rings (SSSR count). The van der Waals surface area contributed by atoms with Gasteiger partial charge in [-0.15, -0.1) is 0 Å². The fraction of sp³-hybridized carbons (Fsp3) is 1.00. The average Bonchev–Trinajstić information content (AvgIpc) is 2.57. The zero-order valence-corrected chi connectivity index (χ0v) is 8.38. The molecule has 2 N–H and O–H groups in total.